The van der Waals surface area contributed by atoms with E-state index in [1.807, 2.05) is 38.1 Å². The van der Waals surface area contributed by atoms with Crippen LogP contribution in [0.1, 0.15) is 48.6 Å². The number of hydrogen-bond acceptors (Lipinski definition) is 2. The molecule has 0 aromatic heterocycles. The maximum absolute atomic E-state index is 14.7. The fourth-order valence-corrected chi connectivity index (χ4v) is 3.63. The highest BCUT2D eigenvalue weighted by molar-refractivity contribution is 5.72. The summed E-state index contributed by atoms with van der Waals surface area (Å²) in [7, 11) is 0. The molecule has 30 heavy (non-hydrogen) atoms. The second-order valence-corrected chi connectivity index (χ2v) is 7.34. The maximum atomic E-state index is 14.7. The van der Waals surface area contributed by atoms with Gasteiger partial charge in [-0.2, -0.15) is 8.78 Å². The molecule has 0 unspecified atom stereocenters. The predicted octanol–water partition coefficient (Wildman–Crippen LogP) is 6.66. The first-order valence-electron chi connectivity index (χ1n) is 10.4. The van der Waals surface area contributed by atoms with Gasteiger partial charge in [0.1, 0.15) is 5.75 Å². The first kappa shape index (κ1) is 22.0. The van der Waals surface area contributed by atoms with Crippen molar-refractivity contribution in [3.05, 3.63) is 88.5 Å². The van der Waals surface area contributed by atoms with Gasteiger partial charge in [0.25, 0.3) is 0 Å². The molecule has 4 heteroatoms. The number of hydrogen-bond donors (Lipinski definition) is 1. The fraction of sp³-hybridized carbons (Fsp3) is 0.308. The van der Waals surface area contributed by atoms with E-state index in [2.05, 4.69) is 6.92 Å². The van der Waals surface area contributed by atoms with Crippen LogP contribution >= 0.6 is 0 Å². The van der Waals surface area contributed by atoms with Crippen LogP contribution < -0.4 is 4.74 Å². The number of alkyl halides is 2. The van der Waals surface area contributed by atoms with Crippen LogP contribution in [0.15, 0.2) is 60.7 Å². The molecule has 158 valence electrons. The summed E-state index contributed by atoms with van der Waals surface area (Å²) in [5.74, 6) is 0.144. The number of aliphatic hydroxyl groups excluding tert-OH is 1. The molecule has 0 atom stereocenters. The molecule has 0 bridgehead atoms. The van der Waals surface area contributed by atoms with E-state index < -0.39 is 6.11 Å². The van der Waals surface area contributed by atoms with Gasteiger partial charge in [-0.3, -0.25) is 0 Å². The summed E-state index contributed by atoms with van der Waals surface area (Å²) in [6.07, 6.45) is -1.10. The van der Waals surface area contributed by atoms with Crippen molar-refractivity contribution in [2.45, 2.75) is 52.7 Å². The summed E-state index contributed by atoms with van der Waals surface area (Å²) in [4.78, 5) is 0. The van der Waals surface area contributed by atoms with Gasteiger partial charge in [0.2, 0.25) is 0 Å². The van der Waals surface area contributed by atoms with E-state index in [4.69, 9.17) is 4.74 Å². The Bertz CT molecular complexity index is 994. The lowest BCUT2D eigenvalue weighted by molar-refractivity contribution is -0.185. The Kier molecular flexibility index (Phi) is 6.88. The smallest absolute Gasteiger partial charge is 0.426 e. The van der Waals surface area contributed by atoms with Crippen molar-refractivity contribution in [1.29, 1.82) is 0 Å². The van der Waals surface area contributed by atoms with Crippen LogP contribution in [0, 0.1) is 0 Å². The van der Waals surface area contributed by atoms with Crippen molar-refractivity contribution in [3.8, 4) is 16.9 Å². The highest BCUT2D eigenvalue weighted by atomic mass is 19.3. The van der Waals surface area contributed by atoms with E-state index in [1.54, 1.807) is 24.3 Å². The molecular formula is C26H28F2O2. The minimum absolute atomic E-state index is 0.00495. The lowest BCUT2D eigenvalue weighted by Gasteiger charge is -2.20. The zero-order chi connectivity index (χ0) is 21.7. The molecule has 0 saturated carbocycles. The molecule has 3 aromatic rings. The Morgan fingerprint density at radius 3 is 1.87 bits per heavy atom. The molecule has 0 heterocycles. The van der Waals surface area contributed by atoms with Crippen molar-refractivity contribution in [2.24, 2.45) is 0 Å². The maximum Gasteiger partial charge on any atom is 0.426 e. The SMILES string of the molecule is CCc1ccc(C(F)(F)Oc2ccc(-c3ccc(CO)cc3CC)c(CC)c2)cc1. The lowest BCUT2D eigenvalue weighted by atomic mass is 9.92. The molecular weight excluding hydrogens is 382 g/mol. The molecule has 0 aliphatic heterocycles. The molecule has 0 fully saturated rings. The summed E-state index contributed by atoms with van der Waals surface area (Å²) in [5, 5.41) is 9.40. The van der Waals surface area contributed by atoms with Gasteiger partial charge in [0.05, 0.1) is 12.2 Å². The number of rotatable bonds is 8. The zero-order valence-electron chi connectivity index (χ0n) is 17.7. The largest absolute Gasteiger partial charge is 0.429 e. The second kappa shape index (κ2) is 9.40. The monoisotopic (exact) mass is 410 g/mol. The van der Waals surface area contributed by atoms with Gasteiger partial charge in [-0.1, -0.05) is 57.2 Å². The minimum atomic E-state index is -3.41. The molecule has 3 aromatic carbocycles. The molecule has 0 aliphatic carbocycles. The van der Waals surface area contributed by atoms with E-state index in [9.17, 15) is 13.9 Å². The van der Waals surface area contributed by atoms with Crippen molar-refractivity contribution in [3.63, 3.8) is 0 Å². The number of aryl methyl sites for hydroxylation is 3. The van der Waals surface area contributed by atoms with E-state index >= 15 is 0 Å². The topological polar surface area (TPSA) is 29.5 Å². The highest BCUT2D eigenvalue weighted by Gasteiger charge is 2.34. The van der Waals surface area contributed by atoms with Crippen LogP contribution in [0.5, 0.6) is 5.75 Å². The summed E-state index contributed by atoms with van der Waals surface area (Å²) < 4.78 is 34.5. The average molecular weight is 411 g/mol. The van der Waals surface area contributed by atoms with Crippen molar-refractivity contribution >= 4 is 0 Å². The van der Waals surface area contributed by atoms with Crippen LogP contribution in [-0.4, -0.2) is 5.11 Å². The molecule has 0 aliphatic rings. The molecule has 0 radical (unpaired) electrons. The Morgan fingerprint density at radius 2 is 1.30 bits per heavy atom. The third-order valence-electron chi connectivity index (χ3n) is 5.43. The minimum Gasteiger partial charge on any atom is -0.429 e. The number of benzene rings is 3. The third-order valence-corrected chi connectivity index (χ3v) is 5.43. The normalized spacial score (nSPS) is 11.5. The van der Waals surface area contributed by atoms with Gasteiger partial charge >= 0.3 is 6.11 Å². The highest BCUT2D eigenvalue weighted by Crippen LogP contribution is 2.36. The Hall–Kier alpha value is -2.72. The fourth-order valence-electron chi connectivity index (χ4n) is 3.63. The van der Waals surface area contributed by atoms with Gasteiger partial charge < -0.3 is 9.84 Å². The van der Waals surface area contributed by atoms with Crippen molar-refractivity contribution in [2.75, 3.05) is 0 Å². The summed E-state index contributed by atoms with van der Waals surface area (Å²) in [6.45, 7) is 6.04. The van der Waals surface area contributed by atoms with Gasteiger partial charge in [0, 0.05) is 0 Å². The first-order chi connectivity index (χ1) is 14.4. The van der Waals surface area contributed by atoms with Gasteiger partial charge in [0.15, 0.2) is 0 Å². The second-order valence-electron chi connectivity index (χ2n) is 7.34. The van der Waals surface area contributed by atoms with E-state index in [-0.39, 0.29) is 17.9 Å². The third kappa shape index (κ3) is 4.71. The van der Waals surface area contributed by atoms with Crippen LogP contribution in [0.25, 0.3) is 11.1 Å². The van der Waals surface area contributed by atoms with Crippen molar-refractivity contribution < 1.29 is 18.6 Å². The van der Waals surface area contributed by atoms with E-state index in [1.165, 1.54) is 12.1 Å². The predicted molar refractivity (Wildman–Crippen MR) is 117 cm³/mol. The summed E-state index contributed by atoms with van der Waals surface area (Å²) in [6, 6.07) is 17.3. The number of aliphatic hydroxyl groups is 1. The molecule has 1 N–H and O–H groups in total. The number of halogens is 2. The number of ether oxygens (including phenoxy) is 1. The molecule has 0 saturated heterocycles. The summed E-state index contributed by atoms with van der Waals surface area (Å²) in [5.41, 5.74) is 5.83. The van der Waals surface area contributed by atoms with Crippen LogP contribution in [0.2, 0.25) is 0 Å². The molecule has 0 amide bonds. The summed E-state index contributed by atoms with van der Waals surface area (Å²) >= 11 is 0. The van der Waals surface area contributed by atoms with Crippen LogP contribution in [0.4, 0.5) is 8.78 Å². The van der Waals surface area contributed by atoms with E-state index in [0.717, 1.165) is 46.2 Å². The lowest BCUT2D eigenvalue weighted by Crippen LogP contribution is -2.22. The van der Waals surface area contributed by atoms with E-state index in [0.29, 0.717) is 6.42 Å². The van der Waals surface area contributed by atoms with Gasteiger partial charge in [-0.15, -0.1) is 0 Å². The molecule has 3 rings (SSSR count). The van der Waals surface area contributed by atoms with Gasteiger partial charge in [-0.25, -0.2) is 0 Å². The Morgan fingerprint density at radius 1 is 0.733 bits per heavy atom. The molecule has 0 spiro atoms. The first-order valence-corrected chi connectivity index (χ1v) is 10.4. The Labute approximate surface area is 177 Å². The van der Waals surface area contributed by atoms with Crippen LogP contribution in [-0.2, 0) is 32.0 Å². The Balaban J connectivity index is 1.92. The average Bonchev–Trinajstić information content (AvgIpc) is 2.78. The molecule has 2 nitrogen and oxygen atoms in total. The van der Waals surface area contributed by atoms with Crippen LogP contribution in [0.3, 0.4) is 0 Å². The van der Waals surface area contributed by atoms with Gasteiger partial charge in [-0.05, 0) is 76.9 Å². The zero-order valence-corrected chi connectivity index (χ0v) is 17.7. The standard InChI is InChI=1S/C26H28F2O2/c1-4-18-7-10-22(11-8-18)26(27,28)30-23-12-14-25(21(6-3)16-23)24-13-9-19(17-29)15-20(24)5-2/h7-16,29H,4-6,17H2,1-3H3. The quantitative estimate of drug-likeness (QED) is 0.450. The van der Waals surface area contributed by atoms with Crippen molar-refractivity contribution in [1.82, 2.24) is 0 Å².